The summed E-state index contributed by atoms with van der Waals surface area (Å²) in [6.07, 6.45) is 3.02. The predicted molar refractivity (Wildman–Crippen MR) is 94.7 cm³/mol. The number of ether oxygens (including phenoxy) is 2. The average Bonchev–Trinajstić information content (AvgIpc) is 2.59. The lowest BCUT2D eigenvalue weighted by molar-refractivity contribution is -0.0512. The Morgan fingerprint density at radius 2 is 2.04 bits per heavy atom. The number of rotatable bonds is 6. The molecule has 1 heterocycles. The van der Waals surface area contributed by atoms with Crippen LogP contribution in [-0.2, 0) is 6.42 Å². The summed E-state index contributed by atoms with van der Waals surface area (Å²) in [7, 11) is 3.21. The molecule has 0 saturated carbocycles. The normalized spacial score (nSPS) is 16.2. The van der Waals surface area contributed by atoms with E-state index in [1.165, 1.54) is 20.0 Å². The molecule has 1 aliphatic heterocycles. The van der Waals surface area contributed by atoms with Crippen molar-refractivity contribution in [1.29, 1.82) is 0 Å². The molecule has 0 bridgehead atoms. The monoisotopic (exact) mass is 355 g/mol. The predicted octanol–water partition coefficient (Wildman–Crippen LogP) is 3.15. The smallest absolute Gasteiger partial charge is 0.387 e. The minimum atomic E-state index is -2.87. The molecule has 0 unspecified atom stereocenters. The van der Waals surface area contributed by atoms with Gasteiger partial charge in [0.2, 0.25) is 0 Å². The molecule has 25 heavy (non-hydrogen) atoms. The molecular formula is C18H27F2N3O2. The van der Waals surface area contributed by atoms with Gasteiger partial charge in [-0.2, -0.15) is 8.78 Å². The van der Waals surface area contributed by atoms with Gasteiger partial charge < -0.3 is 19.7 Å². The third kappa shape index (κ3) is 5.76. The van der Waals surface area contributed by atoms with Gasteiger partial charge >= 0.3 is 6.61 Å². The van der Waals surface area contributed by atoms with Crippen molar-refractivity contribution in [2.75, 3.05) is 33.8 Å². The lowest BCUT2D eigenvalue weighted by Gasteiger charge is -2.32. The number of halogens is 2. The Morgan fingerprint density at radius 1 is 1.32 bits per heavy atom. The van der Waals surface area contributed by atoms with Crippen molar-refractivity contribution >= 4 is 5.96 Å². The van der Waals surface area contributed by atoms with E-state index < -0.39 is 6.61 Å². The van der Waals surface area contributed by atoms with Crippen LogP contribution in [0.3, 0.4) is 0 Å². The zero-order valence-corrected chi connectivity index (χ0v) is 15.1. The third-order valence-corrected chi connectivity index (χ3v) is 4.44. The van der Waals surface area contributed by atoms with E-state index in [1.54, 1.807) is 19.2 Å². The molecule has 1 aliphatic rings. The number of hydrogen-bond donors (Lipinski definition) is 1. The average molecular weight is 355 g/mol. The highest BCUT2D eigenvalue weighted by Gasteiger charge is 2.18. The maximum Gasteiger partial charge on any atom is 0.387 e. The van der Waals surface area contributed by atoms with Crippen molar-refractivity contribution < 1.29 is 18.3 Å². The number of likely N-dealkylation sites (tertiary alicyclic amines) is 1. The number of benzene rings is 1. The van der Waals surface area contributed by atoms with Crippen LogP contribution in [-0.4, -0.2) is 51.3 Å². The van der Waals surface area contributed by atoms with Crippen LogP contribution in [0.4, 0.5) is 8.78 Å². The third-order valence-electron chi connectivity index (χ3n) is 4.44. The van der Waals surface area contributed by atoms with Crippen LogP contribution in [0.5, 0.6) is 11.5 Å². The molecule has 0 amide bonds. The van der Waals surface area contributed by atoms with Gasteiger partial charge in [0.25, 0.3) is 0 Å². The quantitative estimate of drug-likeness (QED) is 0.629. The zero-order chi connectivity index (χ0) is 18.2. The van der Waals surface area contributed by atoms with E-state index in [9.17, 15) is 8.78 Å². The van der Waals surface area contributed by atoms with Gasteiger partial charge in [0.15, 0.2) is 17.5 Å². The first-order chi connectivity index (χ1) is 12.0. The molecule has 0 atom stereocenters. The Kier molecular flexibility index (Phi) is 7.28. The number of hydrogen-bond acceptors (Lipinski definition) is 3. The minimum absolute atomic E-state index is 0.0596. The van der Waals surface area contributed by atoms with E-state index in [1.807, 2.05) is 6.07 Å². The van der Waals surface area contributed by atoms with Gasteiger partial charge in [0, 0.05) is 26.7 Å². The van der Waals surface area contributed by atoms with E-state index in [0.717, 1.165) is 30.5 Å². The number of methoxy groups -OCH3 is 1. The molecule has 0 spiro atoms. The summed E-state index contributed by atoms with van der Waals surface area (Å²) in [5.74, 6) is 2.02. The maximum atomic E-state index is 12.5. The molecule has 2 rings (SSSR count). The fourth-order valence-electron chi connectivity index (χ4n) is 2.94. The summed E-state index contributed by atoms with van der Waals surface area (Å²) in [4.78, 5) is 6.60. The molecule has 1 N–H and O–H groups in total. The van der Waals surface area contributed by atoms with Gasteiger partial charge in [-0.1, -0.05) is 13.0 Å². The van der Waals surface area contributed by atoms with E-state index in [0.29, 0.717) is 18.7 Å². The Balaban J connectivity index is 1.90. The maximum absolute atomic E-state index is 12.5. The second-order valence-electron chi connectivity index (χ2n) is 6.26. The van der Waals surface area contributed by atoms with Crippen molar-refractivity contribution in [2.24, 2.45) is 10.9 Å². The molecular weight excluding hydrogens is 328 g/mol. The highest BCUT2D eigenvalue weighted by molar-refractivity contribution is 5.79. The van der Waals surface area contributed by atoms with Crippen LogP contribution in [0.1, 0.15) is 25.3 Å². The van der Waals surface area contributed by atoms with Crippen LogP contribution in [0, 0.1) is 5.92 Å². The second-order valence-corrected chi connectivity index (χ2v) is 6.26. The zero-order valence-electron chi connectivity index (χ0n) is 15.1. The fourth-order valence-corrected chi connectivity index (χ4v) is 2.94. The second kappa shape index (κ2) is 9.44. The fraction of sp³-hybridized carbons (Fsp3) is 0.611. The van der Waals surface area contributed by atoms with Crippen LogP contribution in [0.2, 0.25) is 0 Å². The molecule has 1 aromatic carbocycles. The molecule has 140 valence electrons. The summed E-state index contributed by atoms with van der Waals surface area (Å²) in [5.41, 5.74) is 0.895. The number of piperidine rings is 1. The summed E-state index contributed by atoms with van der Waals surface area (Å²) >= 11 is 0. The van der Waals surface area contributed by atoms with Gasteiger partial charge in [-0.05, 0) is 42.9 Å². The Hall–Kier alpha value is -2.05. The van der Waals surface area contributed by atoms with Crippen LogP contribution in [0.15, 0.2) is 23.2 Å². The molecule has 1 fully saturated rings. The summed E-state index contributed by atoms with van der Waals surface area (Å²) in [5, 5.41) is 3.35. The van der Waals surface area contributed by atoms with Crippen molar-refractivity contribution in [3.8, 4) is 11.5 Å². The lowest BCUT2D eigenvalue weighted by Crippen LogP contribution is -2.45. The van der Waals surface area contributed by atoms with Crippen molar-refractivity contribution in [3.05, 3.63) is 23.8 Å². The van der Waals surface area contributed by atoms with Gasteiger partial charge in [-0.3, -0.25) is 4.99 Å². The number of nitrogens with zero attached hydrogens (tertiary/aromatic N) is 2. The van der Waals surface area contributed by atoms with Crippen LogP contribution in [0.25, 0.3) is 0 Å². The van der Waals surface area contributed by atoms with Gasteiger partial charge in [0.1, 0.15) is 0 Å². The highest BCUT2D eigenvalue weighted by Crippen LogP contribution is 2.29. The SMILES string of the molecule is CN=C(NCCc1ccc(OC)c(OC(F)F)c1)N1CCC(C)CC1. The summed E-state index contributed by atoms with van der Waals surface area (Å²) in [6, 6.07) is 5.09. The topological polar surface area (TPSA) is 46.1 Å². The van der Waals surface area contributed by atoms with Crippen LogP contribution >= 0.6 is 0 Å². The Bertz CT molecular complexity index is 573. The van der Waals surface area contributed by atoms with Gasteiger partial charge in [-0.25, -0.2) is 0 Å². The first-order valence-corrected chi connectivity index (χ1v) is 8.60. The van der Waals surface area contributed by atoms with Crippen molar-refractivity contribution in [2.45, 2.75) is 32.8 Å². The van der Waals surface area contributed by atoms with E-state index in [4.69, 9.17) is 4.74 Å². The first-order valence-electron chi connectivity index (χ1n) is 8.60. The molecule has 5 nitrogen and oxygen atoms in total. The summed E-state index contributed by atoms with van der Waals surface area (Å²) in [6.45, 7) is 2.09. The summed E-state index contributed by atoms with van der Waals surface area (Å²) < 4.78 is 34.6. The number of nitrogens with one attached hydrogen (secondary N) is 1. The Labute approximate surface area is 148 Å². The number of aliphatic imine (C=N–C) groups is 1. The van der Waals surface area contributed by atoms with Crippen molar-refractivity contribution in [3.63, 3.8) is 0 Å². The molecule has 0 radical (unpaired) electrons. The largest absolute Gasteiger partial charge is 0.493 e. The Morgan fingerprint density at radius 3 is 2.64 bits per heavy atom. The standard InChI is InChI=1S/C18H27F2N3O2/c1-13-7-10-23(11-8-13)18(21-2)22-9-6-14-4-5-15(24-3)16(12-14)25-17(19)20/h4-5,12-13,17H,6-11H2,1-3H3,(H,21,22). The van der Waals surface area contributed by atoms with E-state index >= 15 is 0 Å². The molecule has 1 saturated heterocycles. The van der Waals surface area contributed by atoms with E-state index in [-0.39, 0.29) is 5.75 Å². The molecule has 7 heteroatoms. The number of guanidine groups is 1. The van der Waals surface area contributed by atoms with Crippen molar-refractivity contribution in [1.82, 2.24) is 10.2 Å². The molecule has 0 aliphatic carbocycles. The first kappa shape index (κ1) is 19.3. The van der Waals surface area contributed by atoms with Gasteiger partial charge in [-0.15, -0.1) is 0 Å². The highest BCUT2D eigenvalue weighted by atomic mass is 19.3. The molecule has 0 aromatic heterocycles. The van der Waals surface area contributed by atoms with Gasteiger partial charge in [0.05, 0.1) is 7.11 Å². The molecule has 1 aromatic rings. The van der Waals surface area contributed by atoms with E-state index in [2.05, 4.69) is 26.9 Å². The van der Waals surface area contributed by atoms with Crippen LogP contribution < -0.4 is 14.8 Å². The minimum Gasteiger partial charge on any atom is -0.493 e. The lowest BCUT2D eigenvalue weighted by atomic mass is 9.99. The number of alkyl halides is 2.